The molecule has 0 unspecified atom stereocenters. The highest BCUT2D eigenvalue weighted by Gasteiger charge is 2.20. The maximum Gasteiger partial charge on any atom is 0.250 e. The molecule has 0 atom stereocenters. The quantitative estimate of drug-likeness (QED) is 0.513. The average molecular weight is 426 g/mol. The number of nitrogens with zero attached hydrogens (tertiary/aromatic N) is 2. The Balaban J connectivity index is 2.06. The minimum absolute atomic E-state index is 0.246. The first-order valence-electron chi connectivity index (χ1n) is 8.42. The van der Waals surface area contributed by atoms with Gasteiger partial charge in [0.2, 0.25) is 15.9 Å². The van der Waals surface area contributed by atoms with Crippen molar-refractivity contribution in [3.63, 3.8) is 0 Å². The molecule has 0 saturated heterocycles. The summed E-state index contributed by atoms with van der Waals surface area (Å²) in [5.41, 5.74) is 1.64. The number of carbonyl (C=O) groups excluding carboxylic acids is 1. The molecule has 2 rings (SSSR count). The van der Waals surface area contributed by atoms with Gasteiger partial charge in [-0.05, 0) is 37.0 Å². The second kappa shape index (κ2) is 9.50. The third kappa shape index (κ3) is 5.41. The topological polar surface area (TPSA) is 79.4 Å². The minimum atomic E-state index is -3.47. The van der Waals surface area contributed by atoms with Gasteiger partial charge in [-0.1, -0.05) is 37.3 Å². The van der Waals surface area contributed by atoms with Gasteiger partial charge in [0.15, 0.2) is 5.13 Å². The third-order valence-corrected chi connectivity index (χ3v) is 8.17. The molecule has 0 aliphatic carbocycles. The molecular weight excluding hydrogens is 402 g/mol. The summed E-state index contributed by atoms with van der Waals surface area (Å²) in [5, 5.41) is 3.30. The summed E-state index contributed by atoms with van der Waals surface area (Å²) >= 11 is 3.03. The summed E-state index contributed by atoms with van der Waals surface area (Å²) in [6, 6.07) is 6.47. The third-order valence-electron chi connectivity index (χ3n) is 3.82. The van der Waals surface area contributed by atoms with Crippen molar-refractivity contribution >= 4 is 50.2 Å². The second-order valence-corrected chi connectivity index (χ2v) is 9.59. The number of anilines is 1. The van der Waals surface area contributed by atoms with Crippen LogP contribution in [0.5, 0.6) is 0 Å². The van der Waals surface area contributed by atoms with Crippen molar-refractivity contribution in [2.75, 3.05) is 24.7 Å². The fraction of sp³-hybridized carbons (Fsp3) is 0.333. The van der Waals surface area contributed by atoms with E-state index in [0.29, 0.717) is 18.2 Å². The molecule has 0 saturated carbocycles. The molecular formula is C18H23N3O3S3. The Hall–Kier alpha value is -1.68. The van der Waals surface area contributed by atoms with Crippen LogP contribution in [0.2, 0.25) is 0 Å². The molecule has 0 bridgehead atoms. The molecule has 9 heteroatoms. The van der Waals surface area contributed by atoms with Crippen LogP contribution in [0.1, 0.15) is 25.1 Å². The van der Waals surface area contributed by atoms with E-state index in [-0.39, 0.29) is 10.8 Å². The maximum absolute atomic E-state index is 12.5. The fourth-order valence-electron chi connectivity index (χ4n) is 2.41. The van der Waals surface area contributed by atoms with Crippen molar-refractivity contribution in [1.29, 1.82) is 0 Å². The number of thioether (sulfide) groups is 1. The predicted molar refractivity (Wildman–Crippen MR) is 113 cm³/mol. The van der Waals surface area contributed by atoms with Crippen molar-refractivity contribution in [2.24, 2.45) is 0 Å². The van der Waals surface area contributed by atoms with E-state index in [9.17, 15) is 13.2 Å². The monoisotopic (exact) mass is 425 g/mol. The Morgan fingerprint density at radius 3 is 2.41 bits per heavy atom. The first-order valence-corrected chi connectivity index (χ1v) is 11.9. The molecule has 1 heterocycles. The molecule has 1 N–H and O–H groups in total. The van der Waals surface area contributed by atoms with Crippen molar-refractivity contribution < 1.29 is 13.2 Å². The van der Waals surface area contributed by atoms with E-state index in [2.05, 4.69) is 10.3 Å². The molecule has 2 aromatic rings. The number of aryl methyl sites for hydroxylation is 1. The van der Waals surface area contributed by atoms with E-state index in [1.54, 1.807) is 42.1 Å². The van der Waals surface area contributed by atoms with E-state index in [4.69, 9.17) is 0 Å². The zero-order chi connectivity index (χ0) is 20.0. The number of hydrogen-bond acceptors (Lipinski definition) is 6. The average Bonchev–Trinajstić information content (AvgIpc) is 3.00. The molecule has 0 radical (unpaired) electrons. The number of sulfonamides is 1. The Morgan fingerprint density at radius 2 is 1.89 bits per heavy atom. The zero-order valence-electron chi connectivity index (χ0n) is 15.7. The molecule has 146 valence electrons. The van der Waals surface area contributed by atoms with Crippen LogP contribution in [0.4, 0.5) is 5.13 Å². The largest absolute Gasteiger partial charge is 0.298 e. The van der Waals surface area contributed by atoms with Crippen molar-refractivity contribution in [1.82, 2.24) is 9.29 Å². The smallest absolute Gasteiger partial charge is 0.250 e. The summed E-state index contributed by atoms with van der Waals surface area (Å²) < 4.78 is 27.4. The van der Waals surface area contributed by atoms with Crippen LogP contribution in [-0.4, -0.2) is 43.0 Å². The number of hydrogen-bond donors (Lipinski definition) is 1. The Labute approximate surface area is 168 Å². The van der Waals surface area contributed by atoms with Crippen LogP contribution in [0.15, 0.2) is 39.4 Å². The normalized spacial score (nSPS) is 12.0. The highest BCUT2D eigenvalue weighted by molar-refractivity contribution is 8.00. The Kier molecular flexibility index (Phi) is 7.60. The standard InChI is InChI=1S/C18H23N3O3S3/c1-5-21(6-2)27(23,24)15-10-7-14(8-11-15)9-12-16(22)20-18-19-13(3)17(25-4)26-18/h7-12H,5-6H2,1-4H3,(H,19,20,22)/b12-9+. The summed E-state index contributed by atoms with van der Waals surface area (Å²) in [4.78, 5) is 16.6. The lowest BCUT2D eigenvalue weighted by atomic mass is 10.2. The van der Waals surface area contributed by atoms with Crippen LogP contribution in [0.3, 0.4) is 0 Å². The summed E-state index contributed by atoms with van der Waals surface area (Å²) in [7, 11) is -3.47. The minimum Gasteiger partial charge on any atom is -0.298 e. The van der Waals surface area contributed by atoms with Gasteiger partial charge >= 0.3 is 0 Å². The Morgan fingerprint density at radius 1 is 1.26 bits per heavy atom. The molecule has 27 heavy (non-hydrogen) atoms. The van der Waals surface area contributed by atoms with Crippen LogP contribution >= 0.6 is 23.1 Å². The first kappa shape index (κ1) is 21.6. The van der Waals surface area contributed by atoms with Crippen LogP contribution in [0.25, 0.3) is 6.08 Å². The molecule has 1 amide bonds. The zero-order valence-corrected chi connectivity index (χ0v) is 18.2. The molecule has 0 spiro atoms. The van der Waals surface area contributed by atoms with Gasteiger partial charge in [0.05, 0.1) is 14.8 Å². The van der Waals surface area contributed by atoms with Crippen molar-refractivity contribution in [3.8, 4) is 0 Å². The molecule has 6 nitrogen and oxygen atoms in total. The number of amides is 1. The molecule has 0 aliphatic rings. The summed E-state index contributed by atoms with van der Waals surface area (Å²) in [6.45, 7) is 6.37. The summed E-state index contributed by atoms with van der Waals surface area (Å²) in [5.74, 6) is -0.281. The number of carbonyl (C=O) groups is 1. The highest BCUT2D eigenvalue weighted by Crippen LogP contribution is 2.30. The van der Waals surface area contributed by atoms with Crippen molar-refractivity contribution in [3.05, 3.63) is 41.6 Å². The lowest BCUT2D eigenvalue weighted by Crippen LogP contribution is -2.30. The SMILES string of the molecule is CCN(CC)S(=O)(=O)c1ccc(/C=C/C(=O)Nc2nc(C)c(SC)s2)cc1. The molecule has 0 fully saturated rings. The number of aromatic nitrogens is 1. The first-order chi connectivity index (χ1) is 12.8. The number of benzene rings is 1. The Bertz CT molecular complexity index is 915. The molecule has 1 aromatic carbocycles. The van der Waals surface area contributed by atoms with Gasteiger partial charge in [0.1, 0.15) is 0 Å². The fourth-order valence-corrected chi connectivity index (χ4v) is 5.48. The van der Waals surface area contributed by atoms with E-state index in [0.717, 1.165) is 15.5 Å². The predicted octanol–water partition coefficient (Wildman–Crippen LogP) is 3.86. The number of rotatable bonds is 8. The van der Waals surface area contributed by atoms with Crippen LogP contribution in [0, 0.1) is 6.92 Å². The van der Waals surface area contributed by atoms with E-state index in [1.807, 2.05) is 27.0 Å². The second-order valence-electron chi connectivity index (χ2n) is 5.58. The van der Waals surface area contributed by atoms with Gasteiger partial charge in [-0.3, -0.25) is 10.1 Å². The van der Waals surface area contributed by atoms with Crippen LogP contribution in [-0.2, 0) is 14.8 Å². The molecule has 1 aromatic heterocycles. The van der Waals surface area contributed by atoms with Gasteiger partial charge in [0.25, 0.3) is 0 Å². The molecule has 0 aliphatic heterocycles. The highest BCUT2D eigenvalue weighted by atomic mass is 32.2. The maximum atomic E-state index is 12.5. The lowest BCUT2D eigenvalue weighted by Gasteiger charge is -2.18. The van der Waals surface area contributed by atoms with E-state index >= 15 is 0 Å². The van der Waals surface area contributed by atoms with Gasteiger partial charge < -0.3 is 0 Å². The van der Waals surface area contributed by atoms with E-state index in [1.165, 1.54) is 21.7 Å². The van der Waals surface area contributed by atoms with Gasteiger partial charge in [0, 0.05) is 19.2 Å². The van der Waals surface area contributed by atoms with Crippen LogP contribution < -0.4 is 5.32 Å². The summed E-state index contributed by atoms with van der Waals surface area (Å²) in [6.07, 6.45) is 5.01. The van der Waals surface area contributed by atoms with Gasteiger partial charge in [-0.25, -0.2) is 13.4 Å². The van der Waals surface area contributed by atoms with E-state index < -0.39 is 10.0 Å². The number of thiazole rings is 1. The van der Waals surface area contributed by atoms with Gasteiger partial charge in [-0.15, -0.1) is 11.8 Å². The van der Waals surface area contributed by atoms with Crippen molar-refractivity contribution in [2.45, 2.75) is 29.9 Å². The lowest BCUT2D eigenvalue weighted by molar-refractivity contribution is -0.111. The number of nitrogens with one attached hydrogen (secondary N) is 1. The van der Waals surface area contributed by atoms with Gasteiger partial charge in [-0.2, -0.15) is 4.31 Å².